The van der Waals surface area contributed by atoms with Gasteiger partial charge in [-0.05, 0) is 35.1 Å². The Labute approximate surface area is 192 Å². The summed E-state index contributed by atoms with van der Waals surface area (Å²) in [5.74, 6) is -2.32. The SMILES string of the molecule is O=C(N[C@H]1CCCC[C@H]1C(=O)NCC(O)C(=O)O)OCC1c2ccccc2-c2ccccc21. The maximum absolute atomic E-state index is 12.6. The Morgan fingerprint density at radius 1 is 0.970 bits per heavy atom. The molecule has 2 aliphatic carbocycles. The van der Waals surface area contributed by atoms with E-state index in [1.165, 1.54) is 0 Å². The van der Waals surface area contributed by atoms with Crippen molar-refractivity contribution >= 4 is 18.0 Å². The van der Waals surface area contributed by atoms with E-state index in [1.54, 1.807) is 0 Å². The van der Waals surface area contributed by atoms with Crippen molar-refractivity contribution in [3.63, 3.8) is 0 Å². The van der Waals surface area contributed by atoms with Gasteiger partial charge in [-0.3, -0.25) is 4.79 Å². The van der Waals surface area contributed by atoms with Crippen LogP contribution in [0.3, 0.4) is 0 Å². The van der Waals surface area contributed by atoms with E-state index >= 15 is 0 Å². The normalized spacial score (nSPS) is 20.3. The predicted molar refractivity (Wildman–Crippen MR) is 121 cm³/mol. The monoisotopic (exact) mass is 452 g/mol. The molecule has 0 aromatic heterocycles. The minimum absolute atomic E-state index is 0.0499. The molecule has 1 fully saturated rings. The van der Waals surface area contributed by atoms with Crippen LogP contribution >= 0.6 is 0 Å². The number of carbonyl (C=O) groups excluding carboxylic acids is 2. The Bertz CT molecular complexity index is 994. The molecule has 2 aromatic rings. The lowest BCUT2D eigenvalue weighted by Crippen LogP contribution is -2.50. The maximum atomic E-state index is 12.6. The molecule has 3 atom stereocenters. The first kappa shape index (κ1) is 22.8. The zero-order valence-corrected chi connectivity index (χ0v) is 18.2. The van der Waals surface area contributed by atoms with E-state index in [2.05, 4.69) is 22.8 Å². The molecule has 0 heterocycles. The molecular formula is C25H28N2O6. The number of hydrogen-bond acceptors (Lipinski definition) is 5. The van der Waals surface area contributed by atoms with Gasteiger partial charge in [0, 0.05) is 12.0 Å². The van der Waals surface area contributed by atoms with Gasteiger partial charge in [-0.15, -0.1) is 0 Å². The highest BCUT2D eigenvalue weighted by atomic mass is 16.5. The van der Waals surface area contributed by atoms with E-state index in [4.69, 9.17) is 9.84 Å². The molecule has 4 N–H and O–H groups in total. The molecule has 0 radical (unpaired) electrons. The van der Waals surface area contributed by atoms with Crippen molar-refractivity contribution in [3.8, 4) is 11.1 Å². The maximum Gasteiger partial charge on any atom is 0.407 e. The van der Waals surface area contributed by atoms with Gasteiger partial charge in [-0.1, -0.05) is 61.4 Å². The number of ether oxygens (including phenoxy) is 1. The number of hydrogen-bond donors (Lipinski definition) is 4. The van der Waals surface area contributed by atoms with Crippen molar-refractivity contribution in [2.45, 2.75) is 43.7 Å². The van der Waals surface area contributed by atoms with Crippen LogP contribution in [0.15, 0.2) is 48.5 Å². The van der Waals surface area contributed by atoms with Crippen LogP contribution in [0.4, 0.5) is 4.79 Å². The summed E-state index contributed by atoms with van der Waals surface area (Å²) in [5.41, 5.74) is 4.54. The van der Waals surface area contributed by atoms with E-state index in [1.807, 2.05) is 36.4 Å². The van der Waals surface area contributed by atoms with Crippen molar-refractivity contribution in [2.75, 3.05) is 13.2 Å². The number of alkyl carbamates (subject to hydrolysis) is 1. The molecule has 2 aromatic carbocycles. The average molecular weight is 453 g/mol. The lowest BCUT2D eigenvalue weighted by atomic mass is 9.84. The number of aliphatic carboxylic acids is 1. The van der Waals surface area contributed by atoms with Crippen LogP contribution in [0.1, 0.15) is 42.7 Å². The number of aliphatic hydroxyl groups is 1. The number of carboxylic acids is 1. The largest absolute Gasteiger partial charge is 0.479 e. The molecular weight excluding hydrogens is 424 g/mol. The fourth-order valence-corrected chi connectivity index (χ4v) is 4.82. The molecule has 8 heteroatoms. The van der Waals surface area contributed by atoms with Gasteiger partial charge in [0.25, 0.3) is 0 Å². The van der Waals surface area contributed by atoms with Gasteiger partial charge in [0.05, 0.1) is 12.5 Å². The molecule has 2 aliphatic rings. The van der Waals surface area contributed by atoms with E-state index in [9.17, 15) is 19.5 Å². The third-order valence-corrected chi connectivity index (χ3v) is 6.50. The molecule has 2 amide bonds. The number of carbonyl (C=O) groups is 3. The number of nitrogens with one attached hydrogen (secondary N) is 2. The van der Waals surface area contributed by atoms with E-state index in [0.717, 1.165) is 35.1 Å². The first-order valence-electron chi connectivity index (χ1n) is 11.3. The summed E-state index contributed by atoms with van der Waals surface area (Å²) in [6.07, 6.45) is 0.670. The smallest absolute Gasteiger partial charge is 0.407 e. The van der Waals surface area contributed by atoms with E-state index in [-0.39, 0.29) is 25.0 Å². The summed E-state index contributed by atoms with van der Waals surface area (Å²) in [4.78, 5) is 35.9. The van der Waals surface area contributed by atoms with E-state index in [0.29, 0.717) is 12.8 Å². The third kappa shape index (κ3) is 5.01. The molecule has 33 heavy (non-hydrogen) atoms. The number of rotatable bonds is 7. The Hall–Kier alpha value is -3.39. The molecule has 0 spiro atoms. The second-order valence-corrected chi connectivity index (χ2v) is 8.57. The van der Waals surface area contributed by atoms with Gasteiger partial charge < -0.3 is 25.6 Å². The molecule has 174 valence electrons. The molecule has 0 bridgehead atoms. The summed E-state index contributed by atoms with van der Waals surface area (Å²) in [5, 5.41) is 23.5. The summed E-state index contributed by atoms with van der Waals surface area (Å²) in [6.45, 7) is -0.184. The fraction of sp³-hybridized carbons (Fsp3) is 0.400. The van der Waals surface area contributed by atoms with Crippen molar-refractivity contribution < 1.29 is 29.3 Å². The summed E-state index contributed by atoms with van der Waals surface area (Å²) >= 11 is 0. The summed E-state index contributed by atoms with van der Waals surface area (Å²) in [7, 11) is 0. The van der Waals surface area contributed by atoms with Crippen LogP contribution in [-0.2, 0) is 14.3 Å². The van der Waals surface area contributed by atoms with Gasteiger partial charge in [0.1, 0.15) is 6.61 Å². The van der Waals surface area contributed by atoms with Crippen LogP contribution in [0.2, 0.25) is 0 Å². The van der Waals surface area contributed by atoms with Gasteiger partial charge in [-0.2, -0.15) is 0 Å². The minimum atomic E-state index is -1.66. The van der Waals surface area contributed by atoms with Crippen molar-refractivity contribution in [2.24, 2.45) is 5.92 Å². The highest BCUT2D eigenvalue weighted by Gasteiger charge is 2.34. The molecule has 1 unspecified atom stereocenters. The zero-order chi connectivity index (χ0) is 23.4. The van der Waals surface area contributed by atoms with Crippen LogP contribution in [-0.4, -0.2) is 53.5 Å². The van der Waals surface area contributed by atoms with Crippen molar-refractivity contribution in [1.82, 2.24) is 10.6 Å². The molecule has 1 saturated carbocycles. The quantitative estimate of drug-likeness (QED) is 0.512. The number of amides is 2. The van der Waals surface area contributed by atoms with Crippen LogP contribution < -0.4 is 10.6 Å². The van der Waals surface area contributed by atoms with Crippen LogP contribution in [0.25, 0.3) is 11.1 Å². The van der Waals surface area contributed by atoms with Gasteiger partial charge in [0.2, 0.25) is 5.91 Å². The van der Waals surface area contributed by atoms with Crippen LogP contribution in [0, 0.1) is 5.92 Å². The standard InChI is InChI=1S/C25H28N2O6/c28-22(24(30)31)13-26-23(29)19-11-5-6-12-21(19)27-25(32)33-14-20-17-9-3-1-7-15(17)16-8-2-4-10-18(16)20/h1-4,7-10,19-22,28H,5-6,11-14H2,(H,26,29)(H,27,32)(H,30,31)/t19-,21+,22?/m1/s1. The van der Waals surface area contributed by atoms with Crippen LogP contribution in [0.5, 0.6) is 0 Å². The summed E-state index contributed by atoms with van der Waals surface area (Å²) in [6, 6.07) is 15.8. The molecule has 4 rings (SSSR count). The minimum Gasteiger partial charge on any atom is -0.479 e. The van der Waals surface area contributed by atoms with Crippen molar-refractivity contribution in [1.29, 1.82) is 0 Å². The molecule has 8 nitrogen and oxygen atoms in total. The fourth-order valence-electron chi connectivity index (χ4n) is 4.82. The number of fused-ring (bicyclic) bond motifs is 3. The third-order valence-electron chi connectivity index (χ3n) is 6.50. The Balaban J connectivity index is 1.36. The first-order chi connectivity index (χ1) is 16.0. The van der Waals surface area contributed by atoms with Gasteiger partial charge in [-0.25, -0.2) is 9.59 Å². The topological polar surface area (TPSA) is 125 Å². The van der Waals surface area contributed by atoms with Gasteiger partial charge >= 0.3 is 12.1 Å². The Kier molecular flexibility index (Phi) is 6.93. The Morgan fingerprint density at radius 3 is 2.21 bits per heavy atom. The molecule has 0 saturated heterocycles. The number of carboxylic acid groups (broad SMARTS) is 1. The number of aliphatic hydroxyl groups excluding tert-OH is 1. The second kappa shape index (κ2) is 10.0. The lowest BCUT2D eigenvalue weighted by molar-refractivity contribution is -0.146. The van der Waals surface area contributed by atoms with Crippen molar-refractivity contribution in [3.05, 3.63) is 59.7 Å². The van der Waals surface area contributed by atoms with E-state index < -0.39 is 30.1 Å². The lowest BCUT2D eigenvalue weighted by Gasteiger charge is -2.31. The Morgan fingerprint density at radius 2 is 1.58 bits per heavy atom. The highest BCUT2D eigenvalue weighted by molar-refractivity contribution is 5.82. The zero-order valence-electron chi connectivity index (χ0n) is 18.2. The first-order valence-corrected chi connectivity index (χ1v) is 11.3. The predicted octanol–water partition coefficient (Wildman–Crippen LogP) is 2.65. The average Bonchev–Trinajstić information content (AvgIpc) is 3.15. The van der Waals surface area contributed by atoms with Gasteiger partial charge in [0.15, 0.2) is 6.10 Å². The second-order valence-electron chi connectivity index (χ2n) is 8.57. The highest BCUT2D eigenvalue weighted by Crippen LogP contribution is 2.44. The number of benzene rings is 2. The summed E-state index contributed by atoms with van der Waals surface area (Å²) < 4.78 is 5.60. The molecule has 0 aliphatic heterocycles.